The van der Waals surface area contributed by atoms with Gasteiger partial charge in [-0.3, -0.25) is 4.79 Å². The van der Waals surface area contributed by atoms with E-state index < -0.39 is 15.9 Å². The predicted molar refractivity (Wildman–Crippen MR) is 93.9 cm³/mol. The third kappa shape index (κ3) is 4.63. The Morgan fingerprint density at radius 1 is 1.09 bits per heavy atom. The molecule has 0 atom stereocenters. The Kier molecular flexibility index (Phi) is 5.56. The SMILES string of the molecule is Cc1ccc(NC(=O)CNS(=O)(=O)c2ccccc2Br)cc1C. The van der Waals surface area contributed by atoms with Crippen molar-refractivity contribution in [2.75, 3.05) is 11.9 Å². The summed E-state index contributed by atoms with van der Waals surface area (Å²) in [6, 6.07) is 12.0. The molecule has 2 rings (SSSR count). The summed E-state index contributed by atoms with van der Waals surface area (Å²) in [5.74, 6) is -0.427. The first-order valence-electron chi connectivity index (χ1n) is 6.91. The number of carbonyl (C=O) groups excluding carboxylic acids is 1. The number of aryl methyl sites for hydroxylation is 2. The summed E-state index contributed by atoms with van der Waals surface area (Å²) in [5, 5.41) is 2.67. The summed E-state index contributed by atoms with van der Waals surface area (Å²) < 4.78 is 27.1. The number of hydrogen-bond acceptors (Lipinski definition) is 3. The first kappa shape index (κ1) is 17.7. The van der Waals surface area contributed by atoms with E-state index in [1.165, 1.54) is 6.07 Å². The van der Waals surface area contributed by atoms with E-state index in [-0.39, 0.29) is 11.4 Å². The number of amides is 1. The van der Waals surface area contributed by atoms with Crippen LogP contribution < -0.4 is 10.0 Å². The van der Waals surface area contributed by atoms with E-state index >= 15 is 0 Å². The van der Waals surface area contributed by atoms with Crippen LogP contribution in [0.25, 0.3) is 0 Å². The number of hydrogen-bond donors (Lipinski definition) is 2. The maximum absolute atomic E-state index is 12.2. The van der Waals surface area contributed by atoms with Crippen molar-refractivity contribution >= 4 is 37.5 Å². The largest absolute Gasteiger partial charge is 0.325 e. The van der Waals surface area contributed by atoms with Gasteiger partial charge >= 0.3 is 0 Å². The Hall–Kier alpha value is -1.70. The van der Waals surface area contributed by atoms with E-state index in [4.69, 9.17) is 0 Å². The zero-order chi connectivity index (χ0) is 17.0. The summed E-state index contributed by atoms with van der Waals surface area (Å²) in [4.78, 5) is 12.0. The lowest BCUT2D eigenvalue weighted by Gasteiger charge is -2.10. The zero-order valence-corrected chi connectivity index (χ0v) is 15.2. The average Bonchev–Trinajstić information content (AvgIpc) is 2.49. The molecule has 122 valence electrons. The first-order valence-corrected chi connectivity index (χ1v) is 9.18. The Morgan fingerprint density at radius 3 is 2.43 bits per heavy atom. The number of anilines is 1. The number of halogens is 1. The molecule has 0 aliphatic heterocycles. The van der Waals surface area contributed by atoms with Gasteiger partial charge in [-0.2, -0.15) is 0 Å². The van der Waals surface area contributed by atoms with Gasteiger partial charge in [-0.05, 0) is 65.2 Å². The molecule has 0 aliphatic carbocycles. The molecule has 0 saturated carbocycles. The molecular weight excluding hydrogens is 380 g/mol. The number of sulfonamides is 1. The molecule has 0 aromatic heterocycles. The van der Waals surface area contributed by atoms with Crippen LogP contribution in [0.2, 0.25) is 0 Å². The van der Waals surface area contributed by atoms with Crippen molar-refractivity contribution < 1.29 is 13.2 Å². The zero-order valence-electron chi connectivity index (χ0n) is 12.8. The van der Waals surface area contributed by atoms with Crippen molar-refractivity contribution in [3.05, 3.63) is 58.1 Å². The van der Waals surface area contributed by atoms with Gasteiger partial charge in [-0.25, -0.2) is 13.1 Å². The highest BCUT2D eigenvalue weighted by atomic mass is 79.9. The van der Waals surface area contributed by atoms with Crippen LogP contribution in [0.3, 0.4) is 0 Å². The lowest BCUT2D eigenvalue weighted by molar-refractivity contribution is -0.115. The normalized spacial score (nSPS) is 11.3. The van der Waals surface area contributed by atoms with Crippen LogP contribution in [0.15, 0.2) is 51.8 Å². The van der Waals surface area contributed by atoms with Crippen molar-refractivity contribution in [2.24, 2.45) is 0 Å². The van der Waals surface area contributed by atoms with Crippen LogP contribution in [-0.2, 0) is 14.8 Å². The van der Waals surface area contributed by atoms with E-state index in [0.717, 1.165) is 11.1 Å². The van der Waals surface area contributed by atoms with Gasteiger partial charge in [0, 0.05) is 10.2 Å². The highest BCUT2D eigenvalue weighted by molar-refractivity contribution is 9.10. The van der Waals surface area contributed by atoms with E-state index in [9.17, 15) is 13.2 Å². The molecule has 23 heavy (non-hydrogen) atoms. The van der Waals surface area contributed by atoms with Gasteiger partial charge in [0.05, 0.1) is 11.4 Å². The molecule has 0 radical (unpaired) electrons. The number of carbonyl (C=O) groups is 1. The highest BCUT2D eigenvalue weighted by Gasteiger charge is 2.18. The Labute approximate surface area is 144 Å². The smallest absolute Gasteiger partial charge is 0.242 e. The maximum atomic E-state index is 12.2. The van der Waals surface area contributed by atoms with Gasteiger partial charge in [-0.15, -0.1) is 0 Å². The second-order valence-electron chi connectivity index (χ2n) is 5.10. The minimum Gasteiger partial charge on any atom is -0.325 e. The number of nitrogens with one attached hydrogen (secondary N) is 2. The molecule has 0 fully saturated rings. The highest BCUT2D eigenvalue weighted by Crippen LogP contribution is 2.20. The third-order valence-electron chi connectivity index (χ3n) is 3.34. The van der Waals surface area contributed by atoms with Gasteiger partial charge in [0.1, 0.15) is 0 Å². The molecule has 2 aromatic rings. The molecule has 1 amide bonds. The van der Waals surface area contributed by atoms with E-state index in [0.29, 0.717) is 10.2 Å². The molecule has 2 N–H and O–H groups in total. The summed E-state index contributed by atoms with van der Waals surface area (Å²) in [6.07, 6.45) is 0. The lowest BCUT2D eigenvalue weighted by atomic mass is 10.1. The van der Waals surface area contributed by atoms with Gasteiger partial charge in [-0.1, -0.05) is 18.2 Å². The predicted octanol–water partition coefficient (Wildman–Crippen LogP) is 2.98. The molecule has 0 heterocycles. The molecular formula is C16H17BrN2O3S. The lowest BCUT2D eigenvalue weighted by Crippen LogP contribution is -2.33. The van der Waals surface area contributed by atoms with Crippen molar-refractivity contribution in [1.82, 2.24) is 4.72 Å². The van der Waals surface area contributed by atoms with Crippen LogP contribution in [0.5, 0.6) is 0 Å². The second-order valence-corrected chi connectivity index (χ2v) is 7.69. The summed E-state index contributed by atoms with van der Waals surface area (Å²) in [7, 11) is -3.75. The first-order chi connectivity index (χ1) is 10.8. The van der Waals surface area contributed by atoms with E-state index in [1.807, 2.05) is 26.0 Å². The maximum Gasteiger partial charge on any atom is 0.242 e. The van der Waals surface area contributed by atoms with Crippen LogP contribution in [0.4, 0.5) is 5.69 Å². The van der Waals surface area contributed by atoms with Crippen LogP contribution >= 0.6 is 15.9 Å². The van der Waals surface area contributed by atoms with Crippen LogP contribution in [0.1, 0.15) is 11.1 Å². The summed E-state index contributed by atoms with van der Waals surface area (Å²) in [6.45, 7) is 3.59. The van der Waals surface area contributed by atoms with Crippen LogP contribution in [0, 0.1) is 13.8 Å². The van der Waals surface area contributed by atoms with Crippen molar-refractivity contribution in [3.8, 4) is 0 Å². The van der Waals surface area contributed by atoms with E-state index in [1.54, 1.807) is 24.3 Å². The fourth-order valence-corrected chi connectivity index (χ4v) is 3.91. The van der Waals surface area contributed by atoms with E-state index in [2.05, 4.69) is 26.0 Å². The molecule has 0 spiro atoms. The second kappa shape index (κ2) is 7.25. The molecule has 0 unspecified atom stereocenters. The van der Waals surface area contributed by atoms with Crippen molar-refractivity contribution in [3.63, 3.8) is 0 Å². The molecule has 0 saturated heterocycles. The minimum absolute atomic E-state index is 0.0963. The molecule has 5 nitrogen and oxygen atoms in total. The van der Waals surface area contributed by atoms with Gasteiger partial charge < -0.3 is 5.32 Å². The Bertz CT molecular complexity index is 835. The standard InChI is InChI=1S/C16H17BrN2O3S/c1-11-7-8-13(9-12(11)2)19-16(20)10-18-23(21,22)15-6-4-3-5-14(15)17/h3-9,18H,10H2,1-2H3,(H,19,20). The topological polar surface area (TPSA) is 75.3 Å². The number of benzene rings is 2. The fraction of sp³-hybridized carbons (Fsp3) is 0.188. The fourth-order valence-electron chi connectivity index (χ4n) is 1.93. The molecule has 7 heteroatoms. The quantitative estimate of drug-likeness (QED) is 0.815. The van der Waals surface area contributed by atoms with Gasteiger partial charge in [0.2, 0.25) is 15.9 Å². The third-order valence-corrected chi connectivity index (χ3v) is 5.75. The summed E-state index contributed by atoms with van der Waals surface area (Å²) in [5.41, 5.74) is 2.81. The van der Waals surface area contributed by atoms with Gasteiger partial charge in [0.25, 0.3) is 0 Å². The molecule has 0 aliphatic rings. The van der Waals surface area contributed by atoms with Gasteiger partial charge in [0.15, 0.2) is 0 Å². The van der Waals surface area contributed by atoms with Crippen LogP contribution in [-0.4, -0.2) is 20.9 Å². The molecule has 0 bridgehead atoms. The monoisotopic (exact) mass is 396 g/mol. The van der Waals surface area contributed by atoms with Crippen molar-refractivity contribution in [1.29, 1.82) is 0 Å². The Balaban J connectivity index is 2.01. The average molecular weight is 397 g/mol. The Morgan fingerprint density at radius 2 is 1.78 bits per heavy atom. The minimum atomic E-state index is -3.75. The molecule has 2 aromatic carbocycles. The number of rotatable bonds is 5. The van der Waals surface area contributed by atoms with Crippen molar-refractivity contribution in [2.45, 2.75) is 18.7 Å². The summed E-state index contributed by atoms with van der Waals surface area (Å²) >= 11 is 3.19.